The number of carbonyl (C=O) groups excluding carboxylic acids is 2. The number of thiophene rings is 1. The molecule has 1 aromatic heterocycles. The highest BCUT2D eigenvalue weighted by Gasteiger charge is 2.26. The maximum absolute atomic E-state index is 12.6. The minimum absolute atomic E-state index is 0.0125. The van der Waals surface area contributed by atoms with Crippen molar-refractivity contribution >= 4 is 28.2 Å². The van der Waals surface area contributed by atoms with Crippen LogP contribution < -0.4 is 10.6 Å². The molecule has 3 rings (SSSR count). The van der Waals surface area contributed by atoms with Gasteiger partial charge in [0.15, 0.2) is 0 Å². The highest BCUT2D eigenvalue weighted by Crippen LogP contribution is 2.37. The molecule has 2 aliphatic rings. The number of amides is 2. The molecule has 176 valence electrons. The van der Waals surface area contributed by atoms with Gasteiger partial charge in [0.05, 0.1) is 18.2 Å². The van der Waals surface area contributed by atoms with Gasteiger partial charge in [-0.3, -0.25) is 14.5 Å². The number of likely N-dealkylation sites (tertiary alicyclic amines) is 1. The molecule has 0 unspecified atom stereocenters. The third kappa shape index (κ3) is 7.03. The Bertz CT molecular complexity index is 822. The molecule has 32 heavy (non-hydrogen) atoms. The van der Waals surface area contributed by atoms with Crippen molar-refractivity contribution in [1.82, 2.24) is 10.2 Å². The zero-order chi connectivity index (χ0) is 22.9. The van der Waals surface area contributed by atoms with Crippen molar-refractivity contribution in [2.75, 3.05) is 38.1 Å². The average Bonchev–Trinajstić information content (AvgIpc) is 2.92. The van der Waals surface area contributed by atoms with E-state index in [1.54, 1.807) is 11.3 Å². The maximum atomic E-state index is 12.6. The van der Waals surface area contributed by atoms with Gasteiger partial charge in [0.2, 0.25) is 11.8 Å². The molecule has 0 aromatic carbocycles. The van der Waals surface area contributed by atoms with E-state index in [0.717, 1.165) is 63.6 Å². The van der Waals surface area contributed by atoms with Crippen molar-refractivity contribution in [3.05, 3.63) is 16.0 Å². The van der Waals surface area contributed by atoms with Gasteiger partial charge in [0.1, 0.15) is 11.1 Å². The first-order valence-corrected chi connectivity index (χ1v) is 12.8. The Kier molecular flexibility index (Phi) is 9.51. The summed E-state index contributed by atoms with van der Waals surface area (Å²) in [5, 5.41) is 16.3. The van der Waals surface area contributed by atoms with E-state index in [-0.39, 0.29) is 23.8 Å². The summed E-state index contributed by atoms with van der Waals surface area (Å²) in [5.74, 6) is 0.0434. The van der Waals surface area contributed by atoms with Crippen LogP contribution in [-0.2, 0) is 27.2 Å². The van der Waals surface area contributed by atoms with Crippen LogP contribution in [0.25, 0.3) is 0 Å². The molecular formula is C24H36N4O3S. The van der Waals surface area contributed by atoms with Crippen molar-refractivity contribution in [3.8, 4) is 6.07 Å². The lowest BCUT2D eigenvalue weighted by Gasteiger charge is -2.30. The van der Waals surface area contributed by atoms with Gasteiger partial charge >= 0.3 is 0 Å². The number of hydrogen-bond donors (Lipinski definition) is 2. The predicted molar refractivity (Wildman–Crippen MR) is 127 cm³/mol. The van der Waals surface area contributed by atoms with Crippen LogP contribution in [0.4, 0.5) is 5.00 Å². The zero-order valence-corrected chi connectivity index (χ0v) is 20.2. The SMILES string of the molecule is CC(C)OCCCNC(=O)C1CCN(CC(=O)Nc2sc3c(c2C#N)CCCCC3)CC1. The highest BCUT2D eigenvalue weighted by molar-refractivity contribution is 7.16. The number of carbonyl (C=O) groups is 2. The van der Waals surface area contributed by atoms with Gasteiger partial charge in [0, 0.05) is 23.9 Å². The summed E-state index contributed by atoms with van der Waals surface area (Å²) in [6.07, 6.45) is 7.97. The van der Waals surface area contributed by atoms with Crippen LogP contribution >= 0.6 is 11.3 Å². The van der Waals surface area contributed by atoms with Gasteiger partial charge in [0.25, 0.3) is 0 Å². The third-order valence-electron chi connectivity index (χ3n) is 6.18. The molecule has 1 aliphatic carbocycles. The monoisotopic (exact) mass is 460 g/mol. The fourth-order valence-electron chi connectivity index (χ4n) is 4.42. The van der Waals surface area contributed by atoms with Gasteiger partial charge < -0.3 is 15.4 Å². The van der Waals surface area contributed by atoms with E-state index in [1.165, 1.54) is 11.3 Å². The quantitative estimate of drug-likeness (QED) is 0.435. The predicted octanol–water partition coefficient (Wildman–Crippen LogP) is 3.47. The molecule has 2 N–H and O–H groups in total. The topological polar surface area (TPSA) is 94.5 Å². The fraction of sp³-hybridized carbons (Fsp3) is 0.708. The molecular weight excluding hydrogens is 424 g/mol. The van der Waals surface area contributed by atoms with Crippen LogP contribution in [0, 0.1) is 17.2 Å². The van der Waals surface area contributed by atoms with Crippen molar-refractivity contribution in [3.63, 3.8) is 0 Å². The number of piperidine rings is 1. The largest absolute Gasteiger partial charge is 0.379 e. The summed E-state index contributed by atoms with van der Waals surface area (Å²) in [5.41, 5.74) is 1.81. The Morgan fingerprint density at radius 1 is 1.22 bits per heavy atom. The van der Waals surface area contributed by atoms with Gasteiger partial charge in [-0.25, -0.2) is 0 Å². The van der Waals surface area contributed by atoms with Crippen molar-refractivity contribution in [2.24, 2.45) is 5.92 Å². The summed E-state index contributed by atoms with van der Waals surface area (Å²) in [6.45, 7) is 7.07. The summed E-state index contributed by atoms with van der Waals surface area (Å²) in [7, 11) is 0. The highest BCUT2D eigenvalue weighted by atomic mass is 32.1. The summed E-state index contributed by atoms with van der Waals surface area (Å²) in [4.78, 5) is 28.4. The van der Waals surface area contributed by atoms with Crippen molar-refractivity contribution in [1.29, 1.82) is 5.26 Å². The second-order valence-corrected chi connectivity index (χ2v) is 10.1. The second-order valence-electron chi connectivity index (χ2n) is 9.04. The molecule has 1 saturated heterocycles. The summed E-state index contributed by atoms with van der Waals surface area (Å²) < 4.78 is 5.49. The average molecular weight is 461 g/mol. The number of nitrogens with zero attached hydrogens (tertiary/aromatic N) is 2. The molecule has 1 aliphatic heterocycles. The third-order valence-corrected chi connectivity index (χ3v) is 7.39. The van der Waals surface area contributed by atoms with Gasteiger partial charge in [-0.1, -0.05) is 6.42 Å². The molecule has 7 nitrogen and oxygen atoms in total. The van der Waals surface area contributed by atoms with Gasteiger partial charge in [-0.15, -0.1) is 11.3 Å². The lowest BCUT2D eigenvalue weighted by Crippen LogP contribution is -2.43. The van der Waals surface area contributed by atoms with E-state index in [1.807, 2.05) is 13.8 Å². The first-order valence-electron chi connectivity index (χ1n) is 11.9. The van der Waals surface area contributed by atoms with E-state index in [0.29, 0.717) is 30.3 Å². The van der Waals surface area contributed by atoms with Crippen molar-refractivity contribution in [2.45, 2.75) is 71.3 Å². The standard InChI is InChI=1S/C24H36N4O3S/c1-17(2)31-14-6-11-26-23(30)18-9-12-28(13-10-18)16-22(29)27-24-20(15-25)19-7-4-3-5-8-21(19)32-24/h17-18H,3-14,16H2,1-2H3,(H,26,30)(H,27,29). The van der Waals surface area contributed by atoms with Crippen LogP contribution in [0.5, 0.6) is 0 Å². The van der Waals surface area contributed by atoms with Crippen LogP contribution in [0.1, 0.15) is 68.4 Å². The minimum atomic E-state index is -0.0778. The lowest BCUT2D eigenvalue weighted by molar-refractivity contribution is -0.126. The molecule has 0 spiro atoms. The molecule has 0 atom stereocenters. The van der Waals surface area contributed by atoms with E-state index in [4.69, 9.17) is 4.74 Å². The Morgan fingerprint density at radius 2 is 1.97 bits per heavy atom. The number of nitriles is 1. The maximum Gasteiger partial charge on any atom is 0.239 e. The number of fused-ring (bicyclic) bond motifs is 1. The van der Waals surface area contributed by atoms with E-state index < -0.39 is 0 Å². The van der Waals surface area contributed by atoms with E-state index in [9.17, 15) is 14.9 Å². The van der Waals surface area contributed by atoms with E-state index in [2.05, 4.69) is 21.6 Å². The first-order chi connectivity index (χ1) is 15.5. The molecule has 2 amide bonds. The van der Waals surface area contributed by atoms with Gasteiger partial charge in [-0.2, -0.15) is 5.26 Å². The molecule has 1 fully saturated rings. The number of nitrogens with one attached hydrogen (secondary N) is 2. The van der Waals surface area contributed by atoms with Gasteiger partial charge in [-0.05, 0) is 77.4 Å². The number of hydrogen-bond acceptors (Lipinski definition) is 6. The first kappa shape index (κ1) is 24.7. The summed E-state index contributed by atoms with van der Waals surface area (Å²) in [6, 6.07) is 2.32. The smallest absolute Gasteiger partial charge is 0.239 e. The molecule has 8 heteroatoms. The van der Waals surface area contributed by atoms with Crippen LogP contribution in [-0.4, -0.2) is 55.6 Å². The Labute approximate surface area is 195 Å². The normalized spacial score (nSPS) is 17.4. The zero-order valence-electron chi connectivity index (χ0n) is 19.4. The number of anilines is 1. The Morgan fingerprint density at radius 3 is 2.69 bits per heavy atom. The molecule has 0 radical (unpaired) electrons. The number of aryl methyl sites for hydroxylation is 1. The van der Waals surface area contributed by atoms with Crippen LogP contribution in [0.15, 0.2) is 0 Å². The second kappa shape index (κ2) is 12.3. The molecule has 0 saturated carbocycles. The Balaban J connectivity index is 1.40. The molecule has 1 aromatic rings. The fourth-order valence-corrected chi connectivity index (χ4v) is 5.67. The summed E-state index contributed by atoms with van der Waals surface area (Å²) >= 11 is 1.57. The van der Waals surface area contributed by atoms with Crippen LogP contribution in [0.2, 0.25) is 0 Å². The van der Waals surface area contributed by atoms with E-state index >= 15 is 0 Å². The Hall–Kier alpha value is -1.95. The number of ether oxygens (including phenoxy) is 1. The van der Waals surface area contributed by atoms with Crippen LogP contribution in [0.3, 0.4) is 0 Å². The van der Waals surface area contributed by atoms with Crippen molar-refractivity contribution < 1.29 is 14.3 Å². The molecule has 0 bridgehead atoms. The lowest BCUT2D eigenvalue weighted by atomic mass is 9.96. The number of rotatable bonds is 9. The minimum Gasteiger partial charge on any atom is -0.379 e. The molecule has 2 heterocycles.